The van der Waals surface area contributed by atoms with Crippen LogP contribution < -0.4 is 5.73 Å². The number of rotatable bonds is 2. The van der Waals surface area contributed by atoms with Gasteiger partial charge in [0.05, 0.1) is 0 Å². The van der Waals surface area contributed by atoms with E-state index in [0.717, 1.165) is 16.7 Å². The lowest BCUT2D eigenvalue weighted by Gasteiger charge is -2.07. The summed E-state index contributed by atoms with van der Waals surface area (Å²) in [6.07, 6.45) is 3.45. The van der Waals surface area contributed by atoms with Crippen molar-refractivity contribution in [1.82, 2.24) is 4.98 Å². The van der Waals surface area contributed by atoms with Gasteiger partial charge < -0.3 is 5.73 Å². The maximum atomic E-state index is 13.0. The van der Waals surface area contributed by atoms with E-state index in [-0.39, 0.29) is 5.82 Å². The maximum Gasteiger partial charge on any atom is 0.123 e. The smallest absolute Gasteiger partial charge is 0.123 e. The first-order valence-electron chi connectivity index (χ1n) is 4.70. The molecule has 0 spiro atoms. The van der Waals surface area contributed by atoms with Gasteiger partial charge in [-0.3, -0.25) is 4.98 Å². The van der Waals surface area contributed by atoms with Crippen molar-refractivity contribution in [3.63, 3.8) is 0 Å². The van der Waals surface area contributed by atoms with Crippen molar-refractivity contribution in [1.29, 1.82) is 0 Å². The van der Waals surface area contributed by atoms with Crippen LogP contribution in [0.15, 0.2) is 42.7 Å². The lowest BCUT2D eigenvalue weighted by molar-refractivity contribution is 0.625. The molecule has 2 aromatic rings. The fourth-order valence-electron chi connectivity index (χ4n) is 1.53. The molecule has 2 rings (SSSR count). The molecule has 3 heteroatoms. The van der Waals surface area contributed by atoms with Crippen LogP contribution in [0.2, 0.25) is 0 Å². The van der Waals surface area contributed by atoms with Gasteiger partial charge in [0.1, 0.15) is 5.82 Å². The SMILES string of the molecule is NCc1cc(F)ccc1-c1cccnc1. The van der Waals surface area contributed by atoms with E-state index in [2.05, 4.69) is 4.98 Å². The minimum atomic E-state index is -0.261. The second kappa shape index (κ2) is 4.19. The lowest BCUT2D eigenvalue weighted by atomic mass is 10.0. The Morgan fingerprint density at radius 1 is 1.27 bits per heavy atom. The molecule has 0 saturated heterocycles. The number of pyridine rings is 1. The van der Waals surface area contributed by atoms with Crippen LogP contribution in [0, 0.1) is 5.82 Å². The van der Waals surface area contributed by atoms with Gasteiger partial charge in [-0.2, -0.15) is 0 Å². The summed E-state index contributed by atoms with van der Waals surface area (Å²) in [4.78, 5) is 4.02. The molecule has 0 aliphatic carbocycles. The summed E-state index contributed by atoms with van der Waals surface area (Å²) in [7, 11) is 0. The second-order valence-corrected chi connectivity index (χ2v) is 3.25. The molecule has 0 aliphatic heterocycles. The van der Waals surface area contributed by atoms with Crippen molar-refractivity contribution in [3.8, 4) is 11.1 Å². The van der Waals surface area contributed by atoms with Gasteiger partial charge in [0.25, 0.3) is 0 Å². The standard InChI is InChI=1S/C12H11FN2/c13-11-3-4-12(10(6-11)7-14)9-2-1-5-15-8-9/h1-6,8H,7,14H2. The summed E-state index contributed by atoms with van der Waals surface area (Å²) in [5, 5.41) is 0. The third kappa shape index (κ3) is 2.02. The van der Waals surface area contributed by atoms with Crippen molar-refractivity contribution in [2.75, 3.05) is 0 Å². The van der Waals surface area contributed by atoms with Gasteiger partial charge >= 0.3 is 0 Å². The molecular weight excluding hydrogens is 191 g/mol. The quantitative estimate of drug-likeness (QED) is 0.811. The molecule has 1 aromatic heterocycles. The van der Waals surface area contributed by atoms with Crippen molar-refractivity contribution in [2.45, 2.75) is 6.54 Å². The van der Waals surface area contributed by atoms with E-state index in [1.807, 2.05) is 12.1 Å². The molecule has 0 unspecified atom stereocenters. The van der Waals surface area contributed by atoms with E-state index in [9.17, 15) is 4.39 Å². The summed E-state index contributed by atoms with van der Waals surface area (Å²) in [5.74, 6) is -0.261. The summed E-state index contributed by atoms with van der Waals surface area (Å²) in [6, 6.07) is 8.40. The van der Waals surface area contributed by atoms with E-state index in [1.54, 1.807) is 18.5 Å². The highest BCUT2D eigenvalue weighted by atomic mass is 19.1. The first kappa shape index (κ1) is 9.80. The number of halogens is 1. The molecule has 0 fully saturated rings. The van der Waals surface area contributed by atoms with E-state index in [0.29, 0.717) is 6.54 Å². The topological polar surface area (TPSA) is 38.9 Å². The molecule has 0 saturated carbocycles. The highest BCUT2D eigenvalue weighted by molar-refractivity contribution is 5.66. The predicted molar refractivity (Wildman–Crippen MR) is 57.5 cm³/mol. The zero-order valence-corrected chi connectivity index (χ0v) is 8.15. The van der Waals surface area contributed by atoms with Gasteiger partial charge in [0.15, 0.2) is 0 Å². The van der Waals surface area contributed by atoms with Crippen molar-refractivity contribution < 1.29 is 4.39 Å². The molecule has 0 amide bonds. The fraction of sp³-hybridized carbons (Fsp3) is 0.0833. The zero-order valence-electron chi connectivity index (χ0n) is 8.15. The predicted octanol–water partition coefficient (Wildman–Crippen LogP) is 2.35. The Hall–Kier alpha value is -1.74. The molecule has 1 aromatic carbocycles. The second-order valence-electron chi connectivity index (χ2n) is 3.25. The van der Waals surface area contributed by atoms with E-state index >= 15 is 0 Å². The first-order chi connectivity index (χ1) is 7.31. The average Bonchev–Trinajstić information content (AvgIpc) is 2.30. The summed E-state index contributed by atoms with van der Waals surface area (Å²) in [6.45, 7) is 0.321. The minimum Gasteiger partial charge on any atom is -0.326 e. The molecule has 2 N–H and O–H groups in total. The van der Waals surface area contributed by atoms with Crippen LogP contribution in [0.25, 0.3) is 11.1 Å². The highest BCUT2D eigenvalue weighted by Gasteiger charge is 2.04. The van der Waals surface area contributed by atoms with Gasteiger partial charge in [0, 0.05) is 24.5 Å². The first-order valence-corrected chi connectivity index (χ1v) is 4.70. The Kier molecular flexibility index (Phi) is 2.74. The van der Waals surface area contributed by atoms with Crippen LogP contribution in [0.3, 0.4) is 0 Å². The van der Waals surface area contributed by atoms with E-state index in [1.165, 1.54) is 12.1 Å². The van der Waals surface area contributed by atoms with Gasteiger partial charge in [-0.25, -0.2) is 4.39 Å². The number of hydrogen-bond donors (Lipinski definition) is 1. The zero-order chi connectivity index (χ0) is 10.7. The normalized spacial score (nSPS) is 10.3. The van der Waals surface area contributed by atoms with Crippen LogP contribution in [0.4, 0.5) is 4.39 Å². The average molecular weight is 202 g/mol. The molecule has 2 nitrogen and oxygen atoms in total. The van der Waals surface area contributed by atoms with E-state index in [4.69, 9.17) is 5.73 Å². The van der Waals surface area contributed by atoms with Crippen LogP contribution in [-0.2, 0) is 6.54 Å². The lowest BCUT2D eigenvalue weighted by Crippen LogP contribution is -1.99. The maximum absolute atomic E-state index is 13.0. The molecule has 0 radical (unpaired) electrons. The van der Waals surface area contributed by atoms with Crippen molar-refractivity contribution in [2.24, 2.45) is 5.73 Å². The monoisotopic (exact) mass is 202 g/mol. The summed E-state index contributed by atoms with van der Waals surface area (Å²) < 4.78 is 13.0. The van der Waals surface area contributed by atoms with Gasteiger partial charge in [-0.15, -0.1) is 0 Å². The van der Waals surface area contributed by atoms with Gasteiger partial charge in [-0.1, -0.05) is 12.1 Å². The number of hydrogen-bond acceptors (Lipinski definition) is 2. The fourth-order valence-corrected chi connectivity index (χ4v) is 1.53. The molecule has 0 aliphatic rings. The van der Waals surface area contributed by atoms with Crippen molar-refractivity contribution in [3.05, 3.63) is 54.1 Å². The molecule has 0 bridgehead atoms. The molecule has 0 atom stereocenters. The number of nitrogens with zero attached hydrogens (tertiary/aromatic N) is 1. The Labute approximate surface area is 87.6 Å². The Bertz CT molecular complexity index is 454. The molecular formula is C12H11FN2. The van der Waals surface area contributed by atoms with Gasteiger partial charge in [0.2, 0.25) is 0 Å². The Morgan fingerprint density at radius 3 is 2.80 bits per heavy atom. The molecule has 76 valence electrons. The minimum absolute atomic E-state index is 0.261. The Morgan fingerprint density at radius 2 is 2.13 bits per heavy atom. The molecule has 15 heavy (non-hydrogen) atoms. The number of benzene rings is 1. The third-order valence-electron chi connectivity index (χ3n) is 2.26. The summed E-state index contributed by atoms with van der Waals surface area (Å²) >= 11 is 0. The third-order valence-corrected chi connectivity index (χ3v) is 2.26. The summed E-state index contributed by atoms with van der Waals surface area (Å²) in [5.41, 5.74) is 8.26. The van der Waals surface area contributed by atoms with Crippen molar-refractivity contribution >= 4 is 0 Å². The van der Waals surface area contributed by atoms with E-state index < -0.39 is 0 Å². The van der Waals surface area contributed by atoms with Crippen LogP contribution in [0.5, 0.6) is 0 Å². The van der Waals surface area contributed by atoms with Crippen LogP contribution in [-0.4, -0.2) is 4.98 Å². The largest absolute Gasteiger partial charge is 0.326 e. The molecule has 1 heterocycles. The van der Waals surface area contributed by atoms with Crippen LogP contribution in [0.1, 0.15) is 5.56 Å². The number of aromatic nitrogens is 1. The van der Waals surface area contributed by atoms with Gasteiger partial charge in [-0.05, 0) is 29.3 Å². The van der Waals surface area contributed by atoms with Crippen LogP contribution >= 0.6 is 0 Å². The highest BCUT2D eigenvalue weighted by Crippen LogP contribution is 2.23. The Balaban J connectivity index is 2.53. The number of nitrogens with two attached hydrogens (primary N) is 1.